The van der Waals surface area contributed by atoms with E-state index in [0.717, 1.165) is 6.42 Å². The number of benzene rings is 1. The highest BCUT2D eigenvalue weighted by Crippen LogP contribution is 2.73. The van der Waals surface area contributed by atoms with Gasteiger partial charge in [-0.25, -0.2) is 0 Å². The van der Waals surface area contributed by atoms with Crippen LogP contribution in [0.2, 0.25) is 0 Å². The number of carbonyl (C=O) groups is 2. The number of fused-ring (bicyclic) bond motifs is 3. The number of allylic oxidation sites excluding steroid dienone is 2. The molecule has 0 unspecified atom stereocenters. The fourth-order valence-corrected chi connectivity index (χ4v) is 5.25. The molecule has 1 saturated heterocycles. The molecule has 5 rings (SSSR count). The van der Waals surface area contributed by atoms with Gasteiger partial charge in [0, 0.05) is 6.54 Å². The van der Waals surface area contributed by atoms with Gasteiger partial charge < -0.3 is 0 Å². The van der Waals surface area contributed by atoms with E-state index >= 15 is 0 Å². The van der Waals surface area contributed by atoms with Crippen LogP contribution in [0, 0.1) is 29.1 Å². The Balaban J connectivity index is 1.38. The van der Waals surface area contributed by atoms with Crippen LogP contribution in [0.1, 0.15) is 18.4 Å². The Morgan fingerprint density at radius 3 is 2.09 bits per heavy atom. The number of likely N-dealkylation sites (tertiary alicyclic amines) is 1. The van der Waals surface area contributed by atoms with Crippen LogP contribution in [0.4, 0.5) is 0 Å². The van der Waals surface area contributed by atoms with Crippen molar-refractivity contribution in [3.05, 3.63) is 48.0 Å². The van der Waals surface area contributed by atoms with E-state index in [1.165, 1.54) is 18.4 Å². The van der Waals surface area contributed by atoms with Gasteiger partial charge in [0.25, 0.3) is 0 Å². The molecule has 2 bridgehead atoms. The van der Waals surface area contributed by atoms with Crippen molar-refractivity contribution in [3.8, 4) is 0 Å². The van der Waals surface area contributed by atoms with Gasteiger partial charge >= 0.3 is 0 Å². The molecule has 1 heterocycles. The SMILES string of the molecule is O=C1[C@H]2[C@H](C(=O)N1CCc1ccccc1)[C@H]1C=C[C@H]2C12CC2. The molecule has 1 aromatic carbocycles. The van der Waals surface area contributed by atoms with E-state index in [4.69, 9.17) is 0 Å². The van der Waals surface area contributed by atoms with E-state index in [9.17, 15) is 9.59 Å². The van der Waals surface area contributed by atoms with Crippen molar-refractivity contribution in [2.24, 2.45) is 29.1 Å². The molecule has 3 nitrogen and oxygen atoms in total. The van der Waals surface area contributed by atoms with Crippen LogP contribution in [0.25, 0.3) is 0 Å². The largest absolute Gasteiger partial charge is 0.282 e. The lowest BCUT2D eigenvalue weighted by Gasteiger charge is -2.21. The van der Waals surface area contributed by atoms with Gasteiger partial charge in [-0.05, 0) is 42.1 Å². The minimum Gasteiger partial charge on any atom is -0.282 e. The first-order valence-electron chi connectivity index (χ1n) is 8.30. The lowest BCUT2D eigenvalue weighted by molar-refractivity contribution is -0.141. The first kappa shape index (κ1) is 12.6. The summed E-state index contributed by atoms with van der Waals surface area (Å²) in [5, 5.41) is 0. The third-order valence-corrected chi connectivity index (χ3v) is 6.41. The third-order valence-electron chi connectivity index (χ3n) is 6.41. The van der Waals surface area contributed by atoms with Crippen LogP contribution in [0.5, 0.6) is 0 Å². The Labute approximate surface area is 130 Å². The molecule has 3 fully saturated rings. The molecule has 0 radical (unpaired) electrons. The molecule has 0 N–H and O–H groups in total. The lowest BCUT2D eigenvalue weighted by Crippen LogP contribution is -2.36. The minimum absolute atomic E-state index is 0.0548. The zero-order valence-corrected chi connectivity index (χ0v) is 12.4. The summed E-state index contributed by atoms with van der Waals surface area (Å²) in [6.07, 6.45) is 7.61. The van der Waals surface area contributed by atoms with Gasteiger partial charge in [-0.2, -0.15) is 0 Å². The van der Waals surface area contributed by atoms with Crippen molar-refractivity contribution in [2.45, 2.75) is 19.3 Å². The predicted molar refractivity (Wildman–Crippen MR) is 81.6 cm³/mol. The van der Waals surface area contributed by atoms with E-state index in [1.54, 1.807) is 4.90 Å². The summed E-state index contributed by atoms with van der Waals surface area (Å²) in [7, 11) is 0. The van der Waals surface area contributed by atoms with Crippen LogP contribution >= 0.6 is 0 Å². The topological polar surface area (TPSA) is 37.4 Å². The fourth-order valence-electron chi connectivity index (χ4n) is 5.25. The van der Waals surface area contributed by atoms with Gasteiger partial charge in [0.2, 0.25) is 11.8 Å². The molecule has 1 aromatic rings. The zero-order valence-electron chi connectivity index (χ0n) is 12.4. The molecule has 4 atom stereocenters. The predicted octanol–water partition coefficient (Wildman–Crippen LogP) is 2.43. The molecule has 0 aromatic heterocycles. The van der Waals surface area contributed by atoms with E-state index < -0.39 is 0 Å². The number of imide groups is 1. The Morgan fingerprint density at radius 1 is 0.955 bits per heavy atom. The Hall–Kier alpha value is -1.90. The minimum atomic E-state index is -0.0548. The summed E-state index contributed by atoms with van der Waals surface area (Å²) in [5.41, 5.74) is 1.48. The maximum atomic E-state index is 12.8. The normalized spacial score (nSPS) is 36.5. The number of amides is 2. The van der Waals surface area contributed by atoms with Gasteiger partial charge in [0.15, 0.2) is 0 Å². The smallest absolute Gasteiger partial charge is 0.233 e. The highest BCUT2D eigenvalue weighted by atomic mass is 16.2. The zero-order chi connectivity index (χ0) is 14.9. The van der Waals surface area contributed by atoms with Crippen LogP contribution in [0.3, 0.4) is 0 Å². The molecule has 2 amide bonds. The number of hydrogen-bond donors (Lipinski definition) is 0. The maximum absolute atomic E-state index is 12.8. The van der Waals surface area contributed by atoms with Gasteiger partial charge in [0.05, 0.1) is 11.8 Å². The number of hydrogen-bond acceptors (Lipinski definition) is 2. The summed E-state index contributed by atoms with van der Waals surface area (Å²) >= 11 is 0. The number of carbonyl (C=O) groups excluding carboxylic acids is 2. The van der Waals surface area contributed by atoms with Gasteiger partial charge in [0.1, 0.15) is 0 Å². The van der Waals surface area contributed by atoms with Crippen LogP contribution in [-0.2, 0) is 16.0 Å². The third kappa shape index (κ3) is 1.42. The molecular weight excluding hydrogens is 274 g/mol. The highest BCUT2D eigenvalue weighted by molar-refractivity contribution is 6.06. The van der Waals surface area contributed by atoms with Crippen molar-refractivity contribution in [1.82, 2.24) is 4.90 Å². The Morgan fingerprint density at radius 2 is 1.55 bits per heavy atom. The average Bonchev–Trinajstić information content (AvgIpc) is 3.14. The summed E-state index contributed by atoms with van der Waals surface area (Å²) in [6, 6.07) is 10.1. The Kier molecular flexibility index (Phi) is 2.35. The van der Waals surface area contributed by atoms with Crippen molar-refractivity contribution in [1.29, 1.82) is 0 Å². The van der Waals surface area contributed by atoms with Crippen LogP contribution in [-0.4, -0.2) is 23.3 Å². The summed E-state index contributed by atoms with van der Waals surface area (Å²) in [4.78, 5) is 27.1. The van der Waals surface area contributed by atoms with E-state index in [1.807, 2.05) is 18.2 Å². The molecule has 1 spiro atoms. The van der Waals surface area contributed by atoms with Crippen LogP contribution in [0.15, 0.2) is 42.5 Å². The lowest BCUT2D eigenvalue weighted by atomic mass is 9.85. The second-order valence-corrected chi connectivity index (χ2v) is 7.28. The second-order valence-electron chi connectivity index (χ2n) is 7.28. The monoisotopic (exact) mass is 293 g/mol. The number of nitrogens with zero attached hydrogens (tertiary/aromatic N) is 1. The number of rotatable bonds is 3. The standard InChI is InChI=1S/C19H19NO2/c21-17-15-13-6-7-14(19(13)9-10-19)16(15)18(22)20(17)11-8-12-4-2-1-3-5-12/h1-7,13-16H,8-11H2/t13-,14-,15-,16-/m1/s1. The molecular formula is C19H19NO2. The molecule has 2 saturated carbocycles. The highest BCUT2D eigenvalue weighted by Gasteiger charge is 2.73. The second kappa shape index (κ2) is 4.09. The Bertz CT molecular complexity index is 655. The first-order chi connectivity index (χ1) is 10.7. The van der Waals surface area contributed by atoms with Crippen molar-refractivity contribution >= 4 is 11.8 Å². The van der Waals surface area contributed by atoms with E-state index in [0.29, 0.717) is 23.8 Å². The molecule has 22 heavy (non-hydrogen) atoms. The maximum Gasteiger partial charge on any atom is 0.233 e. The van der Waals surface area contributed by atoms with E-state index in [2.05, 4.69) is 24.3 Å². The summed E-state index contributed by atoms with van der Waals surface area (Å²) < 4.78 is 0. The quantitative estimate of drug-likeness (QED) is 0.634. The van der Waals surface area contributed by atoms with Crippen molar-refractivity contribution in [3.63, 3.8) is 0 Å². The van der Waals surface area contributed by atoms with Gasteiger partial charge in [-0.3, -0.25) is 14.5 Å². The molecule has 4 aliphatic rings. The van der Waals surface area contributed by atoms with Crippen molar-refractivity contribution < 1.29 is 9.59 Å². The average molecular weight is 293 g/mol. The summed E-state index contributed by atoms with van der Waals surface area (Å²) in [6.45, 7) is 0.529. The molecule has 3 aliphatic carbocycles. The fraction of sp³-hybridized carbons (Fsp3) is 0.474. The molecule has 1 aliphatic heterocycles. The van der Waals surface area contributed by atoms with E-state index in [-0.39, 0.29) is 23.7 Å². The summed E-state index contributed by atoms with van der Waals surface area (Å²) in [5.74, 6) is 0.742. The molecule has 3 heteroatoms. The molecule has 112 valence electrons. The van der Waals surface area contributed by atoms with Gasteiger partial charge in [-0.15, -0.1) is 0 Å². The first-order valence-corrected chi connectivity index (χ1v) is 8.30. The van der Waals surface area contributed by atoms with Gasteiger partial charge in [-0.1, -0.05) is 42.5 Å². The van der Waals surface area contributed by atoms with Crippen molar-refractivity contribution in [2.75, 3.05) is 6.54 Å². The van der Waals surface area contributed by atoms with Crippen LogP contribution < -0.4 is 0 Å².